The molecule has 2 aromatic carbocycles. The first-order valence-corrected chi connectivity index (χ1v) is 12.0. The predicted octanol–water partition coefficient (Wildman–Crippen LogP) is 3.64. The fraction of sp³-hybridized carbons (Fsp3) is 0.348. The van der Waals surface area contributed by atoms with E-state index in [1.54, 1.807) is 16.7 Å². The summed E-state index contributed by atoms with van der Waals surface area (Å²) in [6, 6.07) is 11.1. The van der Waals surface area contributed by atoms with Crippen LogP contribution in [0.5, 0.6) is 0 Å². The van der Waals surface area contributed by atoms with Crippen LogP contribution in [0.4, 0.5) is 10.1 Å². The van der Waals surface area contributed by atoms with Crippen molar-refractivity contribution in [1.29, 1.82) is 0 Å². The molecule has 7 nitrogen and oxygen atoms in total. The van der Waals surface area contributed by atoms with E-state index >= 15 is 0 Å². The molecule has 1 aliphatic rings. The van der Waals surface area contributed by atoms with Gasteiger partial charge < -0.3 is 10.1 Å². The van der Waals surface area contributed by atoms with Crippen LogP contribution in [-0.4, -0.2) is 59.0 Å². The number of hydrogen-bond donors (Lipinski definition) is 1. The smallest absolute Gasteiger partial charge is 0.262 e. The summed E-state index contributed by atoms with van der Waals surface area (Å²) in [7, 11) is 0. The van der Waals surface area contributed by atoms with Crippen molar-refractivity contribution in [2.24, 2.45) is 0 Å². The predicted molar refractivity (Wildman–Crippen MR) is 129 cm³/mol. The number of hydrogen-bond acceptors (Lipinski definition) is 6. The molecular formula is C23H24ClFN4O3S. The third kappa shape index (κ3) is 6.11. The molecule has 1 saturated heterocycles. The summed E-state index contributed by atoms with van der Waals surface area (Å²) in [6.45, 7) is 4.55. The summed E-state index contributed by atoms with van der Waals surface area (Å²) < 4.78 is 20.9. The Kier molecular flexibility index (Phi) is 7.97. The maximum Gasteiger partial charge on any atom is 0.262 e. The summed E-state index contributed by atoms with van der Waals surface area (Å²) in [5.74, 6) is -1.01. The lowest BCUT2D eigenvalue weighted by molar-refractivity contribution is -0.113. The second-order valence-electron chi connectivity index (χ2n) is 7.64. The highest BCUT2D eigenvalue weighted by atomic mass is 35.5. The van der Waals surface area contributed by atoms with E-state index in [1.807, 2.05) is 12.1 Å². The Labute approximate surface area is 199 Å². The van der Waals surface area contributed by atoms with Gasteiger partial charge in [-0.1, -0.05) is 35.5 Å². The van der Waals surface area contributed by atoms with Gasteiger partial charge in [-0.2, -0.15) is 0 Å². The van der Waals surface area contributed by atoms with Crippen LogP contribution in [0.15, 0.2) is 52.4 Å². The van der Waals surface area contributed by atoms with Crippen LogP contribution in [-0.2, 0) is 16.1 Å². The Morgan fingerprint density at radius 3 is 2.79 bits per heavy atom. The van der Waals surface area contributed by atoms with Gasteiger partial charge in [0, 0.05) is 31.2 Å². The van der Waals surface area contributed by atoms with E-state index in [2.05, 4.69) is 15.2 Å². The SMILES string of the molecule is O=C(CSc1nc2ccccc2c(=O)n1CCCN1CCOCC1)Nc1cc(Cl)ccc1F. The Hall–Kier alpha value is -2.46. The number of carbonyl (C=O) groups excluding carboxylic acids is 1. The van der Waals surface area contributed by atoms with E-state index in [4.69, 9.17) is 16.3 Å². The van der Waals surface area contributed by atoms with Gasteiger partial charge in [-0.25, -0.2) is 9.37 Å². The van der Waals surface area contributed by atoms with Crippen molar-refractivity contribution in [3.63, 3.8) is 0 Å². The van der Waals surface area contributed by atoms with Gasteiger partial charge in [0.2, 0.25) is 5.91 Å². The van der Waals surface area contributed by atoms with E-state index in [9.17, 15) is 14.0 Å². The highest BCUT2D eigenvalue weighted by molar-refractivity contribution is 7.99. The molecule has 0 spiro atoms. The highest BCUT2D eigenvalue weighted by Gasteiger charge is 2.15. The molecule has 0 saturated carbocycles. The molecule has 1 fully saturated rings. The summed E-state index contributed by atoms with van der Waals surface area (Å²) in [5, 5.41) is 3.85. The highest BCUT2D eigenvalue weighted by Crippen LogP contribution is 2.22. The van der Waals surface area contributed by atoms with Gasteiger partial charge >= 0.3 is 0 Å². The van der Waals surface area contributed by atoms with Crippen molar-refractivity contribution < 1.29 is 13.9 Å². The molecule has 0 atom stereocenters. The average molecular weight is 491 g/mol. The number of thioether (sulfide) groups is 1. The number of anilines is 1. The third-order valence-corrected chi connectivity index (χ3v) is 6.53. The summed E-state index contributed by atoms with van der Waals surface area (Å²) in [5.41, 5.74) is 0.463. The molecule has 1 aliphatic heterocycles. The number of amides is 1. The molecule has 1 N–H and O–H groups in total. The van der Waals surface area contributed by atoms with E-state index in [0.717, 1.165) is 51.0 Å². The van der Waals surface area contributed by atoms with Crippen molar-refractivity contribution in [2.75, 3.05) is 43.9 Å². The standard InChI is InChI=1S/C23H24ClFN4O3S/c24-16-6-7-18(25)20(14-16)26-21(30)15-33-23-27-19-5-2-1-4-17(19)22(31)29(23)9-3-8-28-10-12-32-13-11-28/h1-2,4-7,14H,3,8-13,15H2,(H,26,30). The molecule has 4 rings (SSSR count). The number of para-hydroxylation sites is 1. The minimum atomic E-state index is -0.568. The number of benzene rings is 2. The number of fused-ring (bicyclic) bond motifs is 1. The number of ether oxygens (including phenoxy) is 1. The Balaban J connectivity index is 1.48. The first-order valence-electron chi connectivity index (χ1n) is 10.7. The fourth-order valence-electron chi connectivity index (χ4n) is 3.64. The van der Waals surface area contributed by atoms with E-state index in [-0.39, 0.29) is 17.0 Å². The molecule has 33 heavy (non-hydrogen) atoms. The van der Waals surface area contributed by atoms with Gasteiger partial charge in [-0.3, -0.25) is 19.1 Å². The van der Waals surface area contributed by atoms with E-state index < -0.39 is 11.7 Å². The Bertz CT molecular complexity index is 1200. The van der Waals surface area contributed by atoms with Crippen molar-refractivity contribution in [3.05, 3.63) is 63.7 Å². The van der Waals surface area contributed by atoms with Crippen LogP contribution in [0.25, 0.3) is 10.9 Å². The van der Waals surface area contributed by atoms with Crippen LogP contribution >= 0.6 is 23.4 Å². The zero-order valence-electron chi connectivity index (χ0n) is 17.9. The maximum atomic E-state index is 13.9. The molecular weight excluding hydrogens is 467 g/mol. The molecule has 1 amide bonds. The topological polar surface area (TPSA) is 76.5 Å². The molecule has 0 aliphatic carbocycles. The number of nitrogens with one attached hydrogen (secondary N) is 1. The van der Waals surface area contributed by atoms with Gasteiger partial charge in [-0.05, 0) is 36.8 Å². The lowest BCUT2D eigenvalue weighted by Crippen LogP contribution is -2.37. The van der Waals surface area contributed by atoms with Gasteiger partial charge in [-0.15, -0.1) is 0 Å². The van der Waals surface area contributed by atoms with E-state index in [1.165, 1.54) is 18.2 Å². The largest absolute Gasteiger partial charge is 0.379 e. The maximum absolute atomic E-state index is 13.9. The summed E-state index contributed by atoms with van der Waals surface area (Å²) >= 11 is 7.04. The van der Waals surface area contributed by atoms with Crippen LogP contribution in [0.2, 0.25) is 5.02 Å². The van der Waals surface area contributed by atoms with E-state index in [0.29, 0.717) is 27.6 Å². The molecule has 0 radical (unpaired) electrons. The van der Waals surface area contributed by atoms with Crippen LogP contribution < -0.4 is 10.9 Å². The first kappa shape index (κ1) is 23.7. The minimum Gasteiger partial charge on any atom is -0.379 e. The average Bonchev–Trinajstić information content (AvgIpc) is 2.82. The number of nitrogens with zero attached hydrogens (tertiary/aromatic N) is 3. The molecule has 2 heterocycles. The lowest BCUT2D eigenvalue weighted by atomic mass is 10.2. The number of aromatic nitrogens is 2. The quantitative estimate of drug-likeness (QED) is 0.384. The zero-order valence-corrected chi connectivity index (χ0v) is 19.5. The van der Waals surface area contributed by atoms with Crippen LogP contribution in [0.1, 0.15) is 6.42 Å². The molecule has 1 aromatic heterocycles. The monoisotopic (exact) mass is 490 g/mol. The summed E-state index contributed by atoms with van der Waals surface area (Å²) in [6.07, 6.45) is 0.771. The fourth-order valence-corrected chi connectivity index (χ4v) is 4.64. The summed E-state index contributed by atoms with van der Waals surface area (Å²) in [4.78, 5) is 32.6. The second kappa shape index (κ2) is 11.1. The molecule has 174 valence electrons. The Morgan fingerprint density at radius 1 is 1.18 bits per heavy atom. The number of halogens is 2. The third-order valence-electron chi connectivity index (χ3n) is 5.32. The van der Waals surface area contributed by atoms with Crippen molar-refractivity contribution in [1.82, 2.24) is 14.5 Å². The van der Waals surface area contributed by atoms with Crippen LogP contribution in [0, 0.1) is 5.82 Å². The van der Waals surface area contributed by atoms with Gasteiger partial charge in [0.15, 0.2) is 5.16 Å². The van der Waals surface area contributed by atoms with Crippen molar-refractivity contribution >= 4 is 45.9 Å². The van der Waals surface area contributed by atoms with Gasteiger partial charge in [0.25, 0.3) is 5.56 Å². The number of morpholine rings is 1. The first-order chi connectivity index (χ1) is 16.0. The molecule has 0 bridgehead atoms. The second-order valence-corrected chi connectivity index (χ2v) is 9.02. The number of rotatable bonds is 8. The Morgan fingerprint density at radius 2 is 1.97 bits per heavy atom. The lowest BCUT2D eigenvalue weighted by Gasteiger charge is -2.26. The normalized spacial score (nSPS) is 14.5. The minimum absolute atomic E-state index is 0.0162. The van der Waals surface area contributed by atoms with Crippen molar-refractivity contribution in [3.8, 4) is 0 Å². The molecule has 10 heteroatoms. The van der Waals surface area contributed by atoms with Crippen LogP contribution in [0.3, 0.4) is 0 Å². The van der Waals surface area contributed by atoms with Gasteiger partial charge in [0.05, 0.1) is 35.6 Å². The molecule has 3 aromatic rings. The zero-order chi connectivity index (χ0) is 23.2. The van der Waals surface area contributed by atoms with Gasteiger partial charge in [0.1, 0.15) is 5.82 Å². The molecule has 0 unspecified atom stereocenters. The van der Waals surface area contributed by atoms with Crippen molar-refractivity contribution in [2.45, 2.75) is 18.1 Å². The number of carbonyl (C=O) groups is 1.